The highest BCUT2D eigenvalue weighted by atomic mass is 32.2. The Labute approximate surface area is 99.6 Å². The second-order valence-electron chi connectivity index (χ2n) is 3.75. The minimum absolute atomic E-state index is 0.511. The molecule has 0 fully saturated rings. The molecular weight excluding hydrogens is 224 g/mol. The van der Waals surface area contributed by atoms with E-state index in [0.29, 0.717) is 16.9 Å². The molecule has 0 spiro atoms. The Balaban J connectivity index is 2.48. The number of aryl methyl sites for hydroxylation is 1. The van der Waals surface area contributed by atoms with Crippen LogP contribution in [0.2, 0.25) is 0 Å². The SMILES string of the molecule is CCCNC(C)(C#N)CSc1nnc(C)o1. The van der Waals surface area contributed by atoms with Crippen molar-refractivity contribution in [3.63, 3.8) is 0 Å². The highest BCUT2D eigenvalue weighted by Gasteiger charge is 2.24. The minimum atomic E-state index is -0.553. The fourth-order valence-electron chi connectivity index (χ4n) is 1.07. The Bertz CT molecular complexity index is 373. The van der Waals surface area contributed by atoms with Gasteiger partial charge in [0.05, 0.1) is 6.07 Å². The zero-order chi connectivity index (χ0) is 12.0. The highest BCUT2D eigenvalue weighted by Crippen LogP contribution is 2.20. The number of aromatic nitrogens is 2. The molecule has 88 valence electrons. The number of hydrogen-bond donors (Lipinski definition) is 1. The summed E-state index contributed by atoms with van der Waals surface area (Å²) in [6.45, 7) is 6.52. The highest BCUT2D eigenvalue weighted by molar-refractivity contribution is 7.99. The van der Waals surface area contributed by atoms with Crippen molar-refractivity contribution < 1.29 is 4.42 Å². The maximum absolute atomic E-state index is 9.10. The number of nitrogens with zero attached hydrogens (tertiary/aromatic N) is 3. The third kappa shape index (κ3) is 3.83. The lowest BCUT2D eigenvalue weighted by atomic mass is 10.1. The lowest BCUT2D eigenvalue weighted by Gasteiger charge is -2.21. The fraction of sp³-hybridized carbons (Fsp3) is 0.700. The normalized spacial score (nSPS) is 14.4. The first-order chi connectivity index (χ1) is 7.59. The van der Waals surface area contributed by atoms with E-state index in [1.54, 1.807) is 6.92 Å². The van der Waals surface area contributed by atoms with Crippen molar-refractivity contribution in [2.24, 2.45) is 0 Å². The van der Waals surface area contributed by atoms with Crippen LogP contribution in [0.15, 0.2) is 9.64 Å². The van der Waals surface area contributed by atoms with Crippen molar-refractivity contribution in [2.75, 3.05) is 12.3 Å². The molecule has 0 amide bonds. The number of nitriles is 1. The van der Waals surface area contributed by atoms with Crippen molar-refractivity contribution >= 4 is 11.8 Å². The van der Waals surface area contributed by atoms with Crippen LogP contribution >= 0.6 is 11.8 Å². The predicted molar refractivity (Wildman–Crippen MR) is 62.1 cm³/mol. The van der Waals surface area contributed by atoms with E-state index in [2.05, 4.69) is 28.5 Å². The van der Waals surface area contributed by atoms with Crippen LogP contribution in [0.25, 0.3) is 0 Å². The molecule has 0 aromatic carbocycles. The zero-order valence-corrected chi connectivity index (χ0v) is 10.6. The molecule has 1 aromatic rings. The smallest absolute Gasteiger partial charge is 0.276 e. The van der Waals surface area contributed by atoms with Gasteiger partial charge in [0.25, 0.3) is 5.22 Å². The Morgan fingerprint density at radius 3 is 2.81 bits per heavy atom. The van der Waals surface area contributed by atoms with Gasteiger partial charge in [-0.25, -0.2) is 0 Å². The van der Waals surface area contributed by atoms with Crippen molar-refractivity contribution in [3.05, 3.63) is 5.89 Å². The van der Waals surface area contributed by atoms with E-state index in [0.717, 1.165) is 13.0 Å². The van der Waals surface area contributed by atoms with Gasteiger partial charge >= 0.3 is 0 Å². The quantitative estimate of drug-likeness (QED) is 0.763. The number of thioether (sulfide) groups is 1. The van der Waals surface area contributed by atoms with Gasteiger partial charge in [0, 0.05) is 12.7 Å². The van der Waals surface area contributed by atoms with Crippen molar-refractivity contribution in [1.29, 1.82) is 5.26 Å². The Morgan fingerprint density at radius 1 is 1.56 bits per heavy atom. The summed E-state index contributed by atoms with van der Waals surface area (Å²) in [5.74, 6) is 1.13. The largest absolute Gasteiger partial charge is 0.416 e. The molecule has 5 nitrogen and oxygen atoms in total. The Morgan fingerprint density at radius 2 is 2.31 bits per heavy atom. The first-order valence-electron chi connectivity index (χ1n) is 5.19. The molecule has 0 aliphatic heterocycles. The molecule has 1 rings (SSSR count). The van der Waals surface area contributed by atoms with Gasteiger partial charge in [-0.1, -0.05) is 18.7 Å². The van der Waals surface area contributed by atoms with Gasteiger partial charge < -0.3 is 4.42 Å². The summed E-state index contributed by atoms with van der Waals surface area (Å²) >= 11 is 1.40. The molecule has 0 bridgehead atoms. The van der Waals surface area contributed by atoms with E-state index in [1.807, 2.05) is 6.92 Å². The molecule has 1 aromatic heterocycles. The molecule has 1 heterocycles. The molecular formula is C10H16N4OS. The molecule has 0 radical (unpaired) electrons. The van der Waals surface area contributed by atoms with E-state index in [-0.39, 0.29) is 0 Å². The summed E-state index contributed by atoms with van der Waals surface area (Å²) in [6.07, 6.45) is 1.00. The van der Waals surface area contributed by atoms with E-state index in [1.165, 1.54) is 11.8 Å². The van der Waals surface area contributed by atoms with Crippen LogP contribution in [0.1, 0.15) is 26.2 Å². The van der Waals surface area contributed by atoms with Gasteiger partial charge in [-0.05, 0) is 19.9 Å². The average molecular weight is 240 g/mol. The monoisotopic (exact) mass is 240 g/mol. The maximum atomic E-state index is 9.10. The predicted octanol–water partition coefficient (Wildman–Crippen LogP) is 1.75. The summed E-state index contributed by atoms with van der Waals surface area (Å²) in [5, 5.41) is 20.4. The first kappa shape index (κ1) is 13.0. The molecule has 0 saturated heterocycles. The third-order valence-electron chi connectivity index (χ3n) is 2.00. The summed E-state index contributed by atoms with van der Waals surface area (Å²) < 4.78 is 5.23. The van der Waals surface area contributed by atoms with Crippen molar-refractivity contribution in [3.8, 4) is 6.07 Å². The molecule has 16 heavy (non-hydrogen) atoms. The first-order valence-corrected chi connectivity index (χ1v) is 6.17. The van der Waals surface area contributed by atoms with E-state index < -0.39 is 5.54 Å². The molecule has 0 aliphatic rings. The molecule has 1 N–H and O–H groups in total. The minimum Gasteiger partial charge on any atom is -0.416 e. The van der Waals surface area contributed by atoms with Crippen LogP contribution in [-0.4, -0.2) is 28.0 Å². The fourth-order valence-corrected chi connectivity index (χ4v) is 1.92. The third-order valence-corrected chi connectivity index (χ3v) is 3.14. The van der Waals surface area contributed by atoms with E-state index in [4.69, 9.17) is 9.68 Å². The van der Waals surface area contributed by atoms with Crippen LogP contribution < -0.4 is 5.32 Å². The molecule has 1 atom stereocenters. The molecule has 0 aliphatic carbocycles. The molecule has 1 unspecified atom stereocenters. The van der Waals surface area contributed by atoms with Gasteiger partial charge in [-0.2, -0.15) is 5.26 Å². The number of rotatable bonds is 6. The van der Waals surface area contributed by atoms with Crippen LogP contribution in [-0.2, 0) is 0 Å². The maximum Gasteiger partial charge on any atom is 0.276 e. The van der Waals surface area contributed by atoms with Crippen molar-refractivity contribution in [1.82, 2.24) is 15.5 Å². The zero-order valence-electron chi connectivity index (χ0n) is 9.78. The molecule has 6 heteroatoms. The van der Waals surface area contributed by atoms with Gasteiger partial charge in [0.2, 0.25) is 5.89 Å². The van der Waals surface area contributed by atoms with Crippen LogP contribution in [0.4, 0.5) is 0 Å². The molecule has 0 saturated carbocycles. The number of hydrogen-bond acceptors (Lipinski definition) is 6. The van der Waals surface area contributed by atoms with Gasteiger partial charge in [0.1, 0.15) is 5.54 Å². The summed E-state index contributed by atoms with van der Waals surface area (Å²) in [4.78, 5) is 0. The second kappa shape index (κ2) is 5.87. The van der Waals surface area contributed by atoms with Gasteiger partial charge in [-0.3, -0.25) is 5.32 Å². The van der Waals surface area contributed by atoms with Gasteiger partial charge in [-0.15, -0.1) is 10.2 Å². The number of nitrogens with one attached hydrogen (secondary N) is 1. The second-order valence-corrected chi connectivity index (χ2v) is 4.67. The van der Waals surface area contributed by atoms with Crippen LogP contribution in [0, 0.1) is 18.3 Å². The van der Waals surface area contributed by atoms with Crippen LogP contribution in [0.3, 0.4) is 0 Å². The lowest BCUT2D eigenvalue weighted by molar-refractivity contribution is 0.426. The van der Waals surface area contributed by atoms with E-state index in [9.17, 15) is 0 Å². The van der Waals surface area contributed by atoms with Gasteiger partial charge in [0.15, 0.2) is 0 Å². The van der Waals surface area contributed by atoms with Crippen LogP contribution in [0.5, 0.6) is 0 Å². The standard InChI is InChI=1S/C10H16N4OS/c1-4-5-12-10(3,6-11)7-16-9-14-13-8(2)15-9/h12H,4-5,7H2,1-3H3. The Hall–Kier alpha value is -1.06. The van der Waals surface area contributed by atoms with Crippen molar-refractivity contribution in [2.45, 2.75) is 38.0 Å². The summed E-state index contributed by atoms with van der Waals surface area (Å²) in [5.41, 5.74) is -0.553. The Kier molecular flexibility index (Phi) is 4.77. The summed E-state index contributed by atoms with van der Waals surface area (Å²) in [7, 11) is 0. The van der Waals surface area contributed by atoms with E-state index >= 15 is 0 Å². The summed E-state index contributed by atoms with van der Waals surface area (Å²) in [6, 6.07) is 2.27. The average Bonchev–Trinajstić information content (AvgIpc) is 2.70. The topological polar surface area (TPSA) is 74.7 Å². The lowest BCUT2D eigenvalue weighted by Crippen LogP contribution is -2.43.